The van der Waals surface area contributed by atoms with Crippen LogP contribution in [-0.2, 0) is 10.2 Å². The van der Waals surface area contributed by atoms with Gasteiger partial charge in [0, 0.05) is 17.1 Å². The first-order valence-corrected chi connectivity index (χ1v) is 6.10. The molecule has 18 heavy (non-hydrogen) atoms. The number of aryl methyl sites for hydroxylation is 1. The Labute approximate surface area is 106 Å². The maximum atomic E-state index is 11.9. The molecule has 0 unspecified atom stereocenters. The third kappa shape index (κ3) is 1.47. The Balaban J connectivity index is 2.09. The van der Waals surface area contributed by atoms with Crippen molar-refractivity contribution >= 4 is 11.6 Å². The van der Waals surface area contributed by atoms with E-state index in [1.54, 1.807) is 0 Å². The van der Waals surface area contributed by atoms with Crippen molar-refractivity contribution in [2.45, 2.75) is 26.2 Å². The van der Waals surface area contributed by atoms with Gasteiger partial charge in [-0.25, -0.2) is 0 Å². The summed E-state index contributed by atoms with van der Waals surface area (Å²) in [6, 6.07) is 10.2. The number of hydrogen-bond acceptors (Lipinski definition) is 1. The molecule has 1 aromatic carbocycles. The first kappa shape index (κ1) is 11.1. The maximum absolute atomic E-state index is 11.9. The quantitative estimate of drug-likeness (QED) is 0.789. The van der Waals surface area contributed by atoms with E-state index in [2.05, 4.69) is 22.4 Å². The molecule has 3 heteroatoms. The van der Waals surface area contributed by atoms with Crippen molar-refractivity contribution < 1.29 is 4.79 Å². The van der Waals surface area contributed by atoms with Crippen molar-refractivity contribution in [1.82, 2.24) is 4.98 Å². The topological polar surface area (TPSA) is 44.9 Å². The summed E-state index contributed by atoms with van der Waals surface area (Å²) >= 11 is 0. The Morgan fingerprint density at radius 1 is 1.11 bits per heavy atom. The monoisotopic (exact) mass is 240 g/mol. The maximum Gasteiger partial charge on any atom is 0.234 e. The number of hydrogen-bond donors (Lipinski definition) is 2. The van der Waals surface area contributed by atoms with Gasteiger partial charge in [-0.05, 0) is 50.1 Å². The SMILES string of the molecule is Cc1ccc(-c2ccc3c(c2)NC(=O)C3(C)C)[nH]1. The van der Waals surface area contributed by atoms with Crippen LogP contribution in [0.2, 0.25) is 0 Å². The zero-order chi connectivity index (χ0) is 12.9. The van der Waals surface area contributed by atoms with Crippen molar-refractivity contribution in [2.75, 3.05) is 5.32 Å². The fraction of sp³-hybridized carbons (Fsp3) is 0.267. The molecule has 0 aliphatic carbocycles. The highest BCUT2D eigenvalue weighted by molar-refractivity contribution is 6.06. The normalized spacial score (nSPS) is 16.5. The second kappa shape index (κ2) is 3.48. The van der Waals surface area contributed by atoms with Crippen LogP contribution in [0.25, 0.3) is 11.3 Å². The third-order valence-electron chi connectivity index (χ3n) is 3.65. The molecule has 2 heterocycles. The molecular formula is C15H16N2O. The van der Waals surface area contributed by atoms with Crippen LogP contribution in [0.3, 0.4) is 0 Å². The van der Waals surface area contributed by atoms with Crippen LogP contribution >= 0.6 is 0 Å². The summed E-state index contributed by atoms with van der Waals surface area (Å²) in [4.78, 5) is 15.2. The van der Waals surface area contributed by atoms with E-state index < -0.39 is 5.41 Å². The minimum Gasteiger partial charge on any atom is -0.359 e. The fourth-order valence-corrected chi connectivity index (χ4v) is 2.43. The molecule has 0 fully saturated rings. The predicted molar refractivity (Wildman–Crippen MR) is 72.6 cm³/mol. The number of carbonyl (C=O) groups excluding carboxylic acids is 1. The van der Waals surface area contributed by atoms with Crippen molar-refractivity contribution in [3.8, 4) is 11.3 Å². The van der Waals surface area contributed by atoms with Gasteiger partial charge in [0.05, 0.1) is 5.41 Å². The van der Waals surface area contributed by atoms with Crippen LogP contribution in [0, 0.1) is 6.92 Å². The van der Waals surface area contributed by atoms with Gasteiger partial charge in [0.15, 0.2) is 0 Å². The minimum absolute atomic E-state index is 0.0670. The lowest BCUT2D eigenvalue weighted by Gasteiger charge is -2.14. The smallest absolute Gasteiger partial charge is 0.234 e. The van der Waals surface area contributed by atoms with E-state index in [4.69, 9.17) is 0 Å². The highest BCUT2D eigenvalue weighted by Gasteiger charge is 2.38. The average Bonchev–Trinajstić information content (AvgIpc) is 2.83. The Morgan fingerprint density at radius 3 is 2.56 bits per heavy atom. The number of benzene rings is 1. The van der Waals surface area contributed by atoms with E-state index in [1.165, 1.54) is 0 Å². The minimum atomic E-state index is -0.431. The molecule has 0 saturated heterocycles. The first-order chi connectivity index (χ1) is 8.48. The highest BCUT2D eigenvalue weighted by Crippen LogP contribution is 2.39. The van der Waals surface area contributed by atoms with Crippen LogP contribution in [0.4, 0.5) is 5.69 Å². The lowest BCUT2D eigenvalue weighted by atomic mass is 9.86. The third-order valence-corrected chi connectivity index (χ3v) is 3.65. The molecule has 2 N–H and O–H groups in total. The molecule has 2 aromatic rings. The van der Waals surface area contributed by atoms with Gasteiger partial charge in [-0.3, -0.25) is 4.79 Å². The molecule has 0 atom stereocenters. The summed E-state index contributed by atoms with van der Waals surface area (Å²) in [7, 11) is 0. The van der Waals surface area contributed by atoms with Crippen molar-refractivity contribution in [1.29, 1.82) is 0 Å². The van der Waals surface area contributed by atoms with Gasteiger partial charge in [-0.1, -0.05) is 12.1 Å². The molecule has 1 aliphatic rings. The first-order valence-electron chi connectivity index (χ1n) is 6.10. The highest BCUT2D eigenvalue weighted by atomic mass is 16.2. The summed E-state index contributed by atoms with van der Waals surface area (Å²) in [5.74, 6) is 0.0670. The molecule has 0 bridgehead atoms. The average molecular weight is 240 g/mol. The zero-order valence-electron chi connectivity index (χ0n) is 10.8. The number of aromatic amines is 1. The van der Waals surface area contributed by atoms with Crippen LogP contribution in [-0.4, -0.2) is 10.9 Å². The van der Waals surface area contributed by atoms with Gasteiger partial charge in [0.2, 0.25) is 5.91 Å². The van der Waals surface area contributed by atoms with Crippen LogP contribution in [0.1, 0.15) is 25.1 Å². The Kier molecular flexibility index (Phi) is 2.14. The molecule has 1 amide bonds. The van der Waals surface area contributed by atoms with Crippen LogP contribution < -0.4 is 5.32 Å². The molecule has 0 saturated carbocycles. The number of amides is 1. The number of anilines is 1. The standard InChI is InChI=1S/C15H16N2O/c1-9-4-7-12(16-9)10-5-6-11-13(8-10)17-14(18)15(11,2)3/h4-8,16H,1-3H3,(H,17,18). The second-order valence-corrected chi connectivity index (χ2v) is 5.39. The van der Waals surface area contributed by atoms with Crippen molar-refractivity contribution in [3.63, 3.8) is 0 Å². The number of carbonyl (C=O) groups is 1. The van der Waals surface area contributed by atoms with Gasteiger partial charge in [-0.2, -0.15) is 0 Å². The molecule has 0 radical (unpaired) electrons. The molecule has 1 aliphatic heterocycles. The summed E-state index contributed by atoms with van der Waals surface area (Å²) in [6.45, 7) is 5.93. The van der Waals surface area contributed by atoms with E-state index in [0.717, 1.165) is 28.2 Å². The molecule has 3 rings (SSSR count). The van der Waals surface area contributed by atoms with Gasteiger partial charge in [-0.15, -0.1) is 0 Å². The predicted octanol–water partition coefficient (Wildman–Crippen LogP) is 3.22. The van der Waals surface area contributed by atoms with E-state index in [0.29, 0.717) is 0 Å². The van der Waals surface area contributed by atoms with Gasteiger partial charge >= 0.3 is 0 Å². The van der Waals surface area contributed by atoms with Crippen molar-refractivity contribution in [3.05, 3.63) is 41.6 Å². The van der Waals surface area contributed by atoms with Crippen LogP contribution in [0.15, 0.2) is 30.3 Å². The largest absolute Gasteiger partial charge is 0.359 e. The van der Waals surface area contributed by atoms with Gasteiger partial charge in [0.1, 0.15) is 0 Å². The lowest BCUT2D eigenvalue weighted by molar-refractivity contribution is -0.119. The summed E-state index contributed by atoms with van der Waals surface area (Å²) in [5, 5.41) is 2.95. The Bertz CT molecular complexity index is 638. The molecule has 0 spiro atoms. The van der Waals surface area contributed by atoms with Gasteiger partial charge < -0.3 is 10.3 Å². The van der Waals surface area contributed by atoms with E-state index in [-0.39, 0.29) is 5.91 Å². The summed E-state index contributed by atoms with van der Waals surface area (Å²) < 4.78 is 0. The number of aromatic nitrogens is 1. The number of H-pyrrole nitrogens is 1. The van der Waals surface area contributed by atoms with E-state index in [1.807, 2.05) is 39.0 Å². The summed E-state index contributed by atoms with van der Waals surface area (Å²) in [5.41, 5.74) is 4.87. The number of nitrogens with one attached hydrogen (secondary N) is 2. The molecular weight excluding hydrogens is 224 g/mol. The van der Waals surface area contributed by atoms with Gasteiger partial charge in [0.25, 0.3) is 0 Å². The number of rotatable bonds is 1. The fourth-order valence-electron chi connectivity index (χ4n) is 2.43. The Morgan fingerprint density at radius 2 is 1.89 bits per heavy atom. The molecule has 3 nitrogen and oxygen atoms in total. The van der Waals surface area contributed by atoms with Crippen molar-refractivity contribution in [2.24, 2.45) is 0 Å². The number of fused-ring (bicyclic) bond motifs is 1. The lowest BCUT2D eigenvalue weighted by Crippen LogP contribution is -2.26. The molecule has 1 aromatic heterocycles. The molecule has 92 valence electrons. The summed E-state index contributed by atoms with van der Waals surface area (Å²) in [6.07, 6.45) is 0. The van der Waals surface area contributed by atoms with E-state index in [9.17, 15) is 4.79 Å². The second-order valence-electron chi connectivity index (χ2n) is 5.39. The Hall–Kier alpha value is -2.03. The van der Waals surface area contributed by atoms with Crippen LogP contribution in [0.5, 0.6) is 0 Å². The van der Waals surface area contributed by atoms with E-state index >= 15 is 0 Å². The zero-order valence-corrected chi connectivity index (χ0v) is 10.8.